The van der Waals surface area contributed by atoms with Crippen LogP contribution in [-0.4, -0.2) is 18.5 Å². The van der Waals surface area contributed by atoms with Crippen LogP contribution in [0.3, 0.4) is 0 Å². The summed E-state index contributed by atoms with van der Waals surface area (Å²) in [4.78, 5) is 9.99. The van der Waals surface area contributed by atoms with Crippen LogP contribution in [0.15, 0.2) is 24.3 Å². The summed E-state index contributed by atoms with van der Waals surface area (Å²) in [6, 6.07) is 5.54. The predicted molar refractivity (Wildman–Crippen MR) is 39.9 cm³/mol. The van der Waals surface area contributed by atoms with E-state index in [4.69, 9.17) is 5.11 Å². The summed E-state index contributed by atoms with van der Waals surface area (Å²) in [5.41, 5.74) is 0.370. The van der Waals surface area contributed by atoms with Crippen LogP contribution in [0.2, 0.25) is 0 Å². The van der Waals surface area contributed by atoms with Crippen molar-refractivity contribution in [3.63, 3.8) is 0 Å². The third-order valence-corrected chi connectivity index (χ3v) is 0.985. The maximum atomic E-state index is 12.2. The van der Waals surface area contributed by atoms with E-state index in [0.29, 0.717) is 11.8 Å². The zero-order valence-electron chi connectivity index (χ0n) is 6.12. The highest BCUT2D eigenvalue weighted by Crippen LogP contribution is 1.99. The average Bonchev–Trinajstić information content (AvgIpc) is 2.08. The molecule has 1 rings (SSSR count). The lowest BCUT2D eigenvalue weighted by Crippen LogP contribution is -1.79. The maximum absolute atomic E-state index is 12.2. The van der Waals surface area contributed by atoms with Crippen LogP contribution < -0.4 is 0 Å². The van der Waals surface area contributed by atoms with Crippen LogP contribution in [0.25, 0.3) is 0 Å². The van der Waals surface area contributed by atoms with Gasteiger partial charge in [0.2, 0.25) is 0 Å². The van der Waals surface area contributed by atoms with Crippen molar-refractivity contribution in [1.82, 2.24) is 0 Å². The molecule has 60 valence electrons. The molecule has 2 nitrogen and oxygen atoms in total. The highest BCUT2D eigenvalue weighted by molar-refractivity contribution is 5.74. The Morgan fingerprint density at radius 3 is 2.45 bits per heavy atom. The Hall–Kier alpha value is -1.22. The lowest BCUT2D eigenvalue weighted by molar-refractivity contribution is 0.112. The molecule has 11 heavy (non-hydrogen) atoms. The van der Waals surface area contributed by atoms with Gasteiger partial charge in [0.05, 0.1) is 0 Å². The third-order valence-electron chi connectivity index (χ3n) is 0.985. The molecule has 0 atom stereocenters. The fourth-order valence-corrected chi connectivity index (χ4v) is 0.580. The number of benzene rings is 1. The van der Waals surface area contributed by atoms with Crippen molar-refractivity contribution in [2.45, 2.75) is 0 Å². The van der Waals surface area contributed by atoms with Crippen molar-refractivity contribution < 1.29 is 14.3 Å². The topological polar surface area (TPSA) is 37.3 Å². The second-order valence-corrected chi connectivity index (χ2v) is 1.67. The first-order valence-electron chi connectivity index (χ1n) is 2.98. The first kappa shape index (κ1) is 9.78. The van der Waals surface area contributed by atoms with Gasteiger partial charge in [-0.1, -0.05) is 12.1 Å². The minimum atomic E-state index is -0.375. The molecule has 1 aromatic rings. The first-order valence-corrected chi connectivity index (χ1v) is 2.98. The molecule has 0 spiro atoms. The zero-order chi connectivity index (χ0) is 8.69. The smallest absolute Gasteiger partial charge is 0.150 e. The molecule has 0 saturated carbocycles. The number of aliphatic hydroxyl groups excluding tert-OH is 1. The summed E-state index contributed by atoms with van der Waals surface area (Å²) < 4.78 is 12.2. The molecule has 1 aromatic carbocycles. The van der Waals surface area contributed by atoms with E-state index < -0.39 is 0 Å². The number of rotatable bonds is 1. The van der Waals surface area contributed by atoms with E-state index in [1.54, 1.807) is 6.07 Å². The molecular weight excluding hydrogens is 147 g/mol. The van der Waals surface area contributed by atoms with Gasteiger partial charge < -0.3 is 5.11 Å². The number of halogens is 1. The molecule has 0 amide bonds. The largest absolute Gasteiger partial charge is 0.400 e. The van der Waals surface area contributed by atoms with E-state index in [-0.39, 0.29) is 5.82 Å². The van der Waals surface area contributed by atoms with Crippen molar-refractivity contribution in [2.24, 2.45) is 0 Å². The fourth-order valence-electron chi connectivity index (χ4n) is 0.580. The molecule has 0 bridgehead atoms. The van der Waals surface area contributed by atoms with Crippen LogP contribution in [0.4, 0.5) is 4.39 Å². The summed E-state index contributed by atoms with van der Waals surface area (Å²) in [7, 11) is 1.00. The lowest BCUT2D eigenvalue weighted by atomic mass is 10.2. The molecule has 0 aliphatic heterocycles. The quantitative estimate of drug-likeness (QED) is 0.621. The van der Waals surface area contributed by atoms with Gasteiger partial charge in [0, 0.05) is 12.7 Å². The van der Waals surface area contributed by atoms with E-state index >= 15 is 0 Å². The summed E-state index contributed by atoms with van der Waals surface area (Å²) in [5.74, 6) is -0.375. The zero-order valence-corrected chi connectivity index (χ0v) is 6.12. The van der Waals surface area contributed by atoms with Gasteiger partial charge in [0.1, 0.15) is 12.1 Å². The molecule has 1 N–H and O–H groups in total. The normalized spacial score (nSPS) is 7.91. The molecule has 0 unspecified atom stereocenters. The second kappa shape index (κ2) is 5.56. The molecule has 0 aromatic heterocycles. The van der Waals surface area contributed by atoms with Gasteiger partial charge in [-0.2, -0.15) is 0 Å². The molecule has 0 radical (unpaired) electrons. The van der Waals surface area contributed by atoms with Gasteiger partial charge in [0.25, 0.3) is 0 Å². The second-order valence-electron chi connectivity index (χ2n) is 1.67. The predicted octanol–water partition coefficient (Wildman–Crippen LogP) is 1.25. The van der Waals surface area contributed by atoms with E-state index in [1.165, 1.54) is 18.2 Å². The molecule has 0 fully saturated rings. The van der Waals surface area contributed by atoms with Gasteiger partial charge in [-0.3, -0.25) is 4.79 Å². The van der Waals surface area contributed by atoms with Gasteiger partial charge >= 0.3 is 0 Å². The van der Waals surface area contributed by atoms with Gasteiger partial charge in [0.15, 0.2) is 0 Å². The maximum Gasteiger partial charge on any atom is 0.150 e. The van der Waals surface area contributed by atoms with Gasteiger partial charge in [-0.25, -0.2) is 4.39 Å². The Morgan fingerprint density at radius 2 is 2.09 bits per heavy atom. The number of aldehydes is 1. The summed E-state index contributed by atoms with van der Waals surface area (Å²) in [6.45, 7) is 0. The Labute approximate surface area is 64.3 Å². The molecule has 0 aliphatic carbocycles. The van der Waals surface area contributed by atoms with E-state index in [9.17, 15) is 9.18 Å². The number of hydrogen-bond donors (Lipinski definition) is 1. The summed E-state index contributed by atoms with van der Waals surface area (Å²) >= 11 is 0. The van der Waals surface area contributed by atoms with Gasteiger partial charge in [-0.05, 0) is 12.1 Å². The minimum absolute atomic E-state index is 0.370. The SMILES string of the molecule is CO.O=Cc1cccc(F)c1. The van der Waals surface area contributed by atoms with Crippen molar-refractivity contribution >= 4 is 6.29 Å². The number of hydrogen-bond acceptors (Lipinski definition) is 2. The van der Waals surface area contributed by atoms with E-state index in [1.807, 2.05) is 0 Å². The van der Waals surface area contributed by atoms with Crippen molar-refractivity contribution in [2.75, 3.05) is 7.11 Å². The standard InChI is InChI=1S/C7H5FO.CH4O/c8-7-3-1-2-6(4-7)5-9;1-2/h1-5H;2H,1H3. The Bertz CT molecular complexity index is 223. The highest BCUT2D eigenvalue weighted by Gasteiger charge is 1.89. The summed E-state index contributed by atoms with van der Waals surface area (Å²) in [5, 5.41) is 7.00. The molecule has 0 aliphatic rings. The van der Waals surface area contributed by atoms with E-state index in [2.05, 4.69) is 0 Å². The molecule has 3 heteroatoms. The van der Waals surface area contributed by atoms with Crippen molar-refractivity contribution in [3.8, 4) is 0 Å². The minimum Gasteiger partial charge on any atom is -0.400 e. The Balaban J connectivity index is 0.000000461. The number of carbonyl (C=O) groups excluding carboxylic acids is 1. The van der Waals surface area contributed by atoms with Crippen LogP contribution in [0, 0.1) is 5.82 Å². The number of carbonyl (C=O) groups is 1. The monoisotopic (exact) mass is 156 g/mol. The van der Waals surface area contributed by atoms with Crippen molar-refractivity contribution in [3.05, 3.63) is 35.6 Å². The highest BCUT2D eigenvalue weighted by atomic mass is 19.1. The molecular formula is C8H9FO2. The van der Waals surface area contributed by atoms with Crippen LogP contribution in [0.1, 0.15) is 10.4 Å². The Morgan fingerprint density at radius 1 is 1.45 bits per heavy atom. The van der Waals surface area contributed by atoms with Crippen LogP contribution in [-0.2, 0) is 0 Å². The van der Waals surface area contributed by atoms with Crippen molar-refractivity contribution in [1.29, 1.82) is 0 Å². The average molecular weight is 156 g/mol. The number of aliphatic hydroxyl groups is 1. The first-order chi connectivity index (χ1) is 5.33. The third kappa shape index (κ3) is 3.47. The van der Waals surface area contributed by atoms with Gasteiger partial charge in [-0.15, -0.1) is 0 Å². The molecule has 0 heterocycles. The lowest BCUT2D eigenvalue weighted by Gasteiger charge is -1.86. The van der Waals surface area contributed by atoms with Crippen LogP contribution in [0.5, 0.6) is 0 Å². The van der Waals surface area contributed by atoms with E-state index in [0.717, 1.165) is 7.11 Å². The Kier molecular flexibility index (Phi) is 4.94. The fraction of sp³-hybridized carbons (Fsp3) is 0.125. The summed E-state index contributed by atoms with van der Waals surface area (Å²) in [6.07, 6.45) is 0.614. The molecule has 0 saturated heterocycles. The van der Waals surface area contributed by atoms with Crippen LogP contribution >= 0.6 is 0 Å².